The van der Waals surface area contributed by atoms with Crippen molar-refractivity contribution < 1.29 is 9.66 Å². The van der Waals surface area contributed by atoms with Gasteiger partial charge in [0.25, 0.3) is 0 Å². The van der Waals surface area contributed by atoms with Gasteiger partial charge >= 0.3 is 5.69 Å². The zero-order valence-corrected chi connectivity index (χ0v) is 14.3. The molecule has 0 saturated carbocycles. The standard InChI is InChI=1S/C15H14N6O3S/c1-3-20-13(10-4-6-12(24-2)7-5-10)18-19-15(20)25-14-16-8-11(9-17-14)21(22)23/h4-9H,3H2,1-2H3. The van der Waals surface area contributed by atoms with Crippen LogP contribution in [-0.2, 0) is 6.54 Å². The van der Waals surface area contributed by atoms with Crippen LogP contribution in [0.3, 0.4) is 0 Å². The summed E-state index contributed by atoms with van der Waals surface area (Å²) in [5.41, 5.74) is 0.756. The van der Waals surface area contributed by atoms with Gasteiger partial charge in [-0.15, -0.1) is 10.2 Å². The maximum atomic E-state index is 10.7. The number of hydrogen-bond acceptors (Lipinski definition) is 8. The topological polar surface area (TPSA) is 109 Å². The van der Waals surface area contributed by atoms with Crippen molar-refractivity contribution >= 4 is 17.4 Å². The lowest BCUT2D eigenvalue weighted by atomic mass is 10.2. The third-order valence-corrected chi connectivity index (χ3v) is 4.27. The third-order valence-electron chi connectivity index (χ3n) is 3.39. The van der Waals surface area contributed by atoms with Crippen molar-refractivity contribution in [3.05, 3.63) is 46.8 Å². The van der Waals surface area contributed by atoms with Gasteiger partial charge in [-0.1, -0.05) is 0 Å². The Bertz CT molecular complexity index is 879. The van der Waals surface area contributed by atoms with Crippen LogP contribution >= 0.6 is 11.8 Å². The van der Waals surface area contributed by atoms with Gasteiger partial charge in [-0.05, 0) is 43.0 Å². The van der Waals surface area contributed by atoms with Gasteiger partial charge in [0.1, 0.15) is 18.1 Å². The average molecular weight is 358 g/mol. The molecule has 3 rings (SSSR count). The smallest absolute Gasteiger partial charge is 0.305 e. The molecule has 0 radical (unpaired) electrons. The van der Waals surface area contributed by atoms with E-state index in [0.29, 0.717) is 16.9 Å². The van der Waals surface area contributed by atoms with Crippen LogP contribution in [0.1, 0.15) is 6.92 Å². The molecule has 0 fully saturated rings. The van der Waals surface area contributed by atoms with Gasteiger partial charge in [-0.2, -0.15) is 0 Å². The summed E-state index contributed by atoms with van der Waals surface area (Å²) in [6.45, 7) is 2.64. The highest BCUT2D eigenvalue weighted by molar-refractivity contribution is 7.99. The summed E-state index contributed by atoms with van der Waals surface area (Å²) in [4.78, 5) is 18.1. The SMILES string of the molecule is CCn1c(Sc2ncc([N+](=O)[O-])cn2)nnc1-c1ccc(OC)cc1. The fourth-order valence-electron chi connectivity index (χ4n) is 2.14. The summed E-state index contributed by atoms with van der Waals surface area (Å²) >= 11 is 1.20. The van der Waals surface area contributed by atoms with Crippen LogP contribution in [-0.4, -0.2) is 36.8 Å². The zero-order valence-electron chi connectivity index (χ0n) is 13.5. The first-order valence-corrected chi connectivity index (χ1v) is 8.16. The summed E-state index contributed by atoms with van der Waals surface area (Å²) < 4.78 is 7.09. The van der Waals surface area contributed by atoms with Gasteiger partial charge in [0.2, 0.25) is 0 Å². The Kier molecular flexibility index (Phi) is 4.89. The average Bonchev–Trinajstić information content (AvgIpc) is 3.04. The molecule has 0 amide bonds. The summed E-state index contributed by atoms with van der Waals surface area (Å²) in [6, 6.07) is 7.53. The van der Waals surface area contributed by atoms with Crippen LogP contribution in [0.15, 0.2) is 47.0 Å². The van der Waals surface area contributed by atoms with Gasteiger partial charge in [-0.3, -0.25) is 10.1 Å². The van der Waals surface area contributed by atoms with E-state index in [1.807, 2.05) is 35.8 Å². The van der Waals surface area contributed by atoms with Crippen LogP contribution < -0.4 is 4.74 Å². The van der Waals surface area contributed by atoms with E-state index in [0.717, 1.165) is 17.1 Å². The molecule has 9 nitrogen and oxygen atoms in total. The number of rotatable bonds is 6. The molecule has 128 valence electrons. The van der Waals surface area contributed by atoms with Crippen molar-refractivity contribution in [1.82, 2.24) is 24.7 Å². The Labute approximate surface area is 147 Å². The Morgan fingerprint density at radius 2 is 1.88 bits per heavy atom. The quantitative estimate of drug-likeness (QED) is 0.376. The largest absolute Gasteiger partial charge is 0.497 e. The van der Waals surface area contributed by atoms with Crippen molar-refractivity contribution in [1.29, 1.82) is 0 Å². The van der Waals surface area contributed by atoms with E-state index in [-0.39, 0.29) is 5.69 Å². The molecule has 0 unspecified atom stereocenters. The van der Waals surface area contributed by atoms with E-state index in [2.05, 4.69) is 20.2 Å². The van der Waals surface area contributed by atoms with Gasteiger partial charge in [0.05, 0.1) is 12.0 Å². The number of aromatic nitrogens is 5. The first-order valence-electron chi connectivity index (χ1n) is 7.34. The second-order valence-electron chi connectivity index (χ2n) is 4.86. The van der Waals surface area contributed by atoms with E-state index >= 15 is 0 Å². The normalized spacial score (nSPS) is 10.6. The minimum atomic E-state index is -0.537. The van der Waals surface area contributed by atoms with Gasteiger partial charge < -0.3 is 9.30 Å². The van der Waals surface area contributed by atoms with E-state index in [1.54, 1.807) is 7.11 Å². The van der Waals surface area contributed by atoms with E-state index < -0.39 is 4.92 Å². The number of hydrogen-bond donors (Lipinski definition) is 0. The highest BCUT2D eigenvalue weighted by Gasteiger charge is 2.16. The summed E-state index contributed by atoms with van der Waals surface area (Å²) in [6.07, 6.45) is 2.35. The number of benzene rings is 1. The van der Waals surface area contributed by atoms with E-state index in [1.165, 1.54) is 24.2 Å². The molecule has 0 spiro atoms. The molecule has 0 saturated heterocycles. The molecule has 25 heavy (non-hydrogen) atoms. The second-order valence-corrected chi connectivity index (χ2v) is 5.80. The van der Waals surface area contributed by atoms with E-state index in [9.17, 15) is 10.1 Å². The Hall–Kier alpha value is -3.01. The number of methoxy groups -OCH3 is 1. The van der Waals surface area contributed by atoms with Crippen molar-refractivity contribution in [2.75, 3.05) is 7.11 Å². The number of nitro groups is 1. The van der Waals surface area contributed by atoms with Gasteiger partial charge in [0, 0.05) is 12.1 Å². The Balaban J connectivity index is 1.87. The molecule has 0 N–H and O–H groups in total. The monoisotopic (exact) mass is 358 g/mol. The molecule has 0 bridgehead atoms. The molecule has 3 aromatic rings. The van der Waals surface area contributed by atoms with Crippen molar-refractivity contribution in [3.8, 4) is 17.1 Å². The predicted octanol–water partition coefficient (Wildman–Crippen LogP) is 2.82. The molecule has 2 heterocycles. The lowest BCUT2D eigenvalue weighted by Crippen LogP contribution is -2.00. The highest BCUT2D eigenvalue weighted by Crippen LogP contribution is 2.28. The van der Waals surface area contributed by atoms with Crippen LogP contribution in [0.5, 0.6) is 5.75 Å². The zero-order chi connectivity index (χ0) is 17.8. The summed E-state index contributed by atoms with van der Waals surface area (Å²) in [7, 11) is 1.61. The molecular weight excluding hydrogens is 344 g/mol. The van der Waals surface area contributed by atoms with Crippen LogP contribution in [0.2, 0.25) is 0 Å². The van der Waals surface area contributed by atoms with Crippen LogP contribution in [0.25, 0.3) is 11.4 Å². The lowest BCUT2D eigenvalue weighted by molar-refractivity contribution is -0.385. The molecule has 1 aromatic carbocycles. The molecule has 0 aliphatic heterocycles. The van der Waals surface area contributed by atoms with E-state index in [4.69, 9.17) is 4.74 Å². The molecule has 0 aliphatic carbocycles. The maximum absolute atomic E-state index is 10.7. The summed E-state index contributed by atoms with van der Waals surface area (Å²) in [5, 5.41) is 20.1. The number of ether oxygens (including phenoxy) is 1. The predicted molar refractivity (Wildman–Crippen MR) is 90.5 cm³/mol. The molecule has 10 heteroatoms. The Morgan fingerprint density at radius 3 is 2.44 bits per heavy atom. The first kappa shape index (κ1) is 16.8. The van der Waals surface area contributed by atoms with Crippen molar-refractivity contribution in [2.24, 2.45) is 0 Å². The molecule has 0 aliphatic rings. The fraction of sp³-hybridized carbons (Fsp3) is 0.200. The minimum absolute atomic E-state index is 0.153. The highest BCUT2D eigenvalue weighted by atomic mass is 32.2. The minimum Gasteiger partial charge on any atom is -0.497 e. The fourth-order valence-corrected chi connectivity index (χ4v) is 2.92. The van der Waals surface area contributed by atoms with Crippen molar-refractivity contribution in [2.45, 2.75) is 23.8 Å². The van der Waals surface area contributed by atoms with Crippen molar-refractivity contribution in [3.63, 3.8) is 0 Å². The third kappa shape index (κ3) is 3.58. The van der Waals surface area contributed by atoms with Crippen LogP contribution in [0.4, 0.5) is 5.69 Å². The maximum Gasteiger partial charge on any atom is 0.305 e. The lowest BCUT2D eigenvalue weighted by Gasteiger charge is -2.07. The first-order chi connectivity index (χ1) is 12.1. The summed E-state index contributed by atoms with van der Waals surface area (Å²) in [5.74, 6) is 1.48. The van der Waals surface area contributed by atoms with Crippen LogP contribution in [0, 0.1) is 10.1 Å². The van der Waals surface area contributed by atoms with Gasteiger partial charge in [0.15, 0.2) is 16.1 Å². The second kappa shape index (κ2) is 7.26. The molecule has 0 atom stereocenters. The van der Waals surface area contributed by atoms with Gasteiger partial charge in [-0.25, -0.2) is 9.97 Å². The number of nitrogens with zero attached hydrogens (tertiary/aromatic N) is 6. The Morgan fingerprint density at radius 1 is 1.20 bits per heavy atom. The molecular formula is C15H14N6O3S. The molecule has 2 aromatic heterocycles.